The van der Waals surface area contributed by atoms with Crippen LogP contribution in [0, 0.1) is 20.2 Å². The van der Waals surface area contributed by atoms with Crippen LogP contribution in [0.15, 0.2) is 55.6 Å². The van der Waals surface area contributed by atoms with E-state index in [1.54, 1.807) is 0 Å². The number of nitro benzene ring substituents is 2. The van der Waals surface area contributed by atoms with Gasteiger partial charge in [-0.2, -0.15) is 0 Å². The van der Waals surface area contributed by atoms with Crippen molar-refractivity contribution in [2.24, 2.45) is 0 Å². The minimum atomic E-state index is -0.791. The van der Waals surface area contributed by atoms with Crippen LogP contribution < -0.4 is 21.7 Å². The molecule has 0 radical (unpaired) electrons. The molecule has 11 heteroatoms. The first-order valence-electron chi connectivity index (χ1n) is 8.63. The third-order valence-corrected chi connectivity index (χ3v) is 6.37. The maximum absolute atomic E-state index is 13.2. The highest BCUT2D eigenvalue weighted by Crippen LogP contribution is 2.30. The van der Waals surface area contributed by atoms with Gasteiger partial charge in [0, 0.05) is 45.8 Å². The maximum atomic E-state index is 13.2. The SMILES string of the molecule is O=c1c2ccc([N+](=O)[O-])cc2c(=O)c2c1sc1c(=O)c3ccc([N+](=O)[O-])cc3c(=O)c12. The molecule has 0 N–H and O–H groups in total. The molecule has 0 saturated carbocycles. The maximum Gasteiger partial charge on any atom is 0.270 e. The Morgan fingerprint density at radius 3 is 1.32 bits per heavy atom. The van der Waals surface area contributed by atoms with Gasteiger partial charge >= 0.3 is 0 Å². The second-order valence-corrected chi connectivity index (χ2v) is 7.82. The van der Waals surface area contributed by atoms with E-state index in [9.17, 15) is 39.4 Å². The van der Waals surface area contributed by atoms with Crippen molar-refractivity contribution >= 4 is 64.4 Å². The summed E-state index contributed by atoms with van der Waals surface area (Å²) in [5.74, 6) is 0. The molecule has 5 aromatic rings. The van der Waals surface area contributed by atoms with Gasteiger partial charge in [-0.1, -0.05) is 0 Å². The molecule has 5 rings (SSSR count). The first-order valence-corrected chi connectivity index (χ1v) is 9.44. The Bertz CT molecular complexity index is 1740. The van der Waals surface area contributed by atoms with E-state index in [0.717, 1.165) is 36.4 Å². The molecule has 0 aliphatic carbocycles. The molecule has 0 aliphatic rings. The average molecular weight is 434 g/mol. The van der Waals surface area contributed by atoms with Gasteiger partial charge in [0.15, 0.2) is 10.9 Å². The quantitative estimate of drug-likeness (QED) is 0.303. The lowest BCUT2D eigenvalue weighted by molar-refractivity contribution is -0.384. The lowest BCUT2D eigenvalue weighted by atomic mass is 10.0. The van der Waals surface area contributed by atoms with Crippen molar-refractivity contribution in [3.05, 3.63) is 97.5 Å². The average Bonchev–Trinajstić information content (AvgIpc) is 3.16. The monoisotopic (exact) mass is 434 g/mol. The number of hydrogen-bond donors (Lipinski definition) is 0. The Morgan fingerprint density at radius 1 is 0.581 bits per heavy atom. The standard InChI is InChI=1S/C20H6N2O8S/c23-15-11-5-7(21(27)28)1-3-9(11)17(25)19-13(15)14-16(24)12-6-8(22(29)30)2-4-10(12)18(26)20(14)31-19/h1-6H. The minimum Gasteiger partial charge on any atom is -0.288 e. The zero-order chi connectivity index (χ0) is 22.2. The van der Waals surface area contributed by atoms with Crippen LogP contribution in [0.5, 0.6) is 0 Å². The van der Waals surface area contributed by atoms with E-state index in [1.807, 2.05) is 0 Å². The van der Waals surface area contributed by atoms with Crippen LogP contribution in [0.4, 0.5) is 11.4 Å². The zero-order valence-corrected chi connectivity index (χ0v) is 15.8. The highest BCUT2D eigenvalue weighted by atomic mass is 32.1. The number of nitrogens with zero attached hydrogens (tertiary/aromatic N) is 2. The van der Waals surface area contributed by atoms with Gasteiger partial charge in [-0.25, -0.2) is 0 Å². The van der Waals surface area contributed by atoms with Gasteiger partial charge in [0.2, 0.25) is 10.9 Å². The first kappa shape index (κ1) is 18.6. The number of non-ortho nitro benzene ring substituents is 2. The van der Waals surface area contributed by atoms with Crippen LogP contribution in [-0.4, -0.2) is 9.85 Å². The summed E-state index contributed by atoms with van der Waals surface area (Å²) in [6.45, 7) is 0. The van der Waals surface area contributed by atoms with Gasteiger partial charge < -0.3 is 0 Å². The third-order valence-electron chi connectivity index (χ3n) is 5.18. The fourth-order valence-corrected chi connectivity index (χ4v) is 4.96. The van der Waals surface area contributed by atoms with Crippen molar-refractivity contribution in [2.75, 3.05) is 0 Å². The van der Waals surface area contributed by atoms with Crippen molar-refractivity contribution in [1.82, 2.24) is 0 Å². The molecule has 0 saturated heterocycles. The topological polar surface area (TPSA) is 155 Å². The smallest absolute Gasteiger partial charge is 0.270 e. The first-order chi connectivity index (χ1) is 14.7. The molecule has 0 fully saturated rings. The lowest BCUT2D eigenvalue weighted by Crippen LogP contribution is -2.15. The predicted molar refractivity (Wildman–Crippen MR) is 115 cm³/mol. The molecule has 0 amide bonds. The number of fused-ring (bicyclic) bond motifs is 5. The number of benzene rings is 4. The molecule has 0 spiro atoms. The van der Waals surface area contributed by atoms with Crippen molar-refractivity contribution in [3.63, 3.8) is 0 Å². The third kappa shape index (κ3) is 2.37. The van der Waals surface area contributed by atoms with Crippen LogP contribution >= 0.6 is 11.3 Å². The molecule has 1 heterocycles. The summed E-state index contributed by atoms with van der Waals surface area (Å²) >= 11 is 0.701. The van der Waals surface area contributed by atoms with Crippen LogP contribution in [-0.2, 0) is 0 Å². The van der Waals surface area contributed by atoms with Gasteiger partial charge in [-0.15, -0.1) is 11.3 Å². The second kappa shape index (κ2) is 6.06. The number of hydrogen-bond acceptors (Lipinski definition) is 9. The molecular formula is C20H6N2O8S. The van der Waals surface area contributed by atoms with Gasteiger partial charge in [-0.3, -0.25) is 39.4 Å². The van der Waals surface area contributed by atoms with Gasteiger partial charge in [-0.05, 0) is 12.1 Å². The van der Waals surface area contributed by atoms with E-state index in [2.05, 4.69) is 0 Å². The second-order valence-electron chi connectivity index (χ2n) is 6.80. The van der Waals surface area contributed by atoms with Gasteiger partial charge in [0.1, 0.15) is 0 Å². The van der Waals surface area contributed by atoms with Crippen LogP contribution in [0.3, 0.4) is 0 Å². The van der Waals surface area contributed by atoms with E-state index in [1.165, 1.54) is 0 Å². The fraction of sp³-hybridized carbons (Fsp3) is 0. The van der Waals surface area contributed by atoms with Crippen molar-refractivity contribution in [2.45, 2.75) is 0 Å². The van der Waals surface area contributed by atoms with E-state index < -0.39 is 42.9 Å². The predicted octanol–water partition coefficient (Wildman–Crippen LogP) is 2.49. The number of nitro groups is 2. The number of thiophene rings is 1. The summed E-state index contributed by atoms with van der Waals surface area (Å²) in [5, 5.41) is 21.0. The van der Waals surface area contributed by atoms with Crippen LogP contribution in [0.25, 0.3) is 41.7 Å². The minimum absolute atomic E-state index is 0.0604. The molecule has 1 aromatic heterocycles. The normalized spacial score (nSPS) is 11.6. The van der Waals surface area contributed by atoms with Gasteiger partial charge in [0.05, 0.1) is 30.0 Å². The van der Waals surface area contributed by atoms with E-state index >= 15 is 0 Å². The molecule has 150 valence electrons. The highest BCUT2D eigenvalue weighted by molar-refractivity contribution is 7.25. The molecule has 31 heavy (non-hydrogen) atoms. The summed E-state index contributed by atoms with van der Waals surface area (Å²) in [7, 11) is 0. The Kier molecular flexibility index (Phi) is 3.64. The Morgan fingerprint density at radius 2 is 0.968 bits per heavy atom. The van der Waals surface area contributed by atoms with E-state index in [0.29, 0.717) is 11.3 Å². The summed E-state index contributed by atoms with van der Waals surface area (Å²) in [5.41, 5.74) is -3.66. The Labute approximate surface area is 172 Å². The molecule has 0 aliphatic heterocycles. The summed E-state index contributed by atoms with van der Waals surface area (Å²) in [4.78, 5) is 73.0. The molecule has 0 atom stereocenters. The Hall–Kier alpha value is -4.38. The van der Waals surface area contributed by atoms with Crippen LogP contribution in [0.2, 0.25) is 0 Å². The largest absolute Gasteiger partial charge is 0.288 e. The van der Waals surface area contributed by atoms with Crippen LogP contribution in [0.1, 0.15) is 0 Å². The fourth-order valence-electron chi connectivity index (χ4n) is 3.76. The molecule has 4 aromatic carbocycles. The van der Waals surface area contributed by atoms with Crippen molar-refractivity contribution in [1.29, 1.82) is 0 Å². The zero-order valence-electron chi connectivity index (χ0n) is 15.0. The molecule has 0 bridgehead atoms. The highest BCUT2D eigenvalue weighted by Gasteiger charge is 2.23. The van der Waals surface area contributed by atoms with Gasteiger partial charge in [0.25, 0.3) is 11.4 Å². The molecular weight excluding hydrogens is 428 g/mol. The van der Waals surface area contributed by atoms with E-state index in [-0.39, 0.29) is 41.7 Å². The summed E-state index contributed by atoms with van der Waals surface area (Å²) in [6, 6.07) is 6.42. The number of rotatable bonds is 2. The lowest BCUT2D eigenvalue weighted by Gasteiger charge is -1.99. The molecule has 0 unspecified atom stereocenters. The van der Waals surface area contributed by atoms with Crippen molar-refractivity contribution < 1.29 is 9.85 Å². The molecule has 10 nitrogen and oxygen atoms in total. The summed E-state index contributed by atoms with van der Waals surface area (Å²) < 4.78 is -0.222. The van der Waals surface area contributed by atoms with Crippen molar-refractivity contribution in [3.8, 4) is 0 Å². The summed E-state index contributed by atoms with van der Waals surface area (Å²) in [6.07, 6.45) is 0. The van der Waals surface area contributed by atoms with E-state index in [4.69, 9.17) is 0 Å². The Balaban J connectivity index is 2.09.